The van der Waals surface area contributed by atoms with E-state index < -0.39 is 0 Å². The van der Waals surface area contributed by atoms with Gasteiger partial charge in [-0.3, -0.25) is 4.79 Å². The fourth-order valence-corrected chi connectivity index (χ4v) is 4.15. The van der Waals surface area contributed by atoms with E-state index in [4.69, 9.17) is 28.9 Å². The van der Waals surface area contributed by atoms with Crippen LogP contribution in [0.5, 0.6) is 0 Å². The third-order valence-corrected chi connectivity index (χ3v) is 5.50. The van der Waals surface area contributed by atoms with Crippen molar-refractivity contribution in [1.29, 1.82) is 0 Å². The summed E-state index contributed by atoms with van der Waals surface area (Å²) in [6.45, 7) is 2.85. The van der Waals surface area contributed by atoms with Crippen LogP contribution in [0.25, 0.3) is 0 Å². The number of nitrogens with zero attached hydrogens (tertiary/aromatic N) is 1. The molecule has 3 rings (SSSR count). The molecule has 2 fully saturated rings. The Labute approximate surface area is 153 Å². The number of benzene rings is 1. The predicted molar refractivity (Wildman–Crippen MR) is 97.6 cm³/mol. The number of rotatable bonds is 4. The van der Waals surface area contributed by atoms with Crippen LogP contribution in [0, 0.1) is 11.8 Å². The molecule has 3 unspecified atom stereocenters. The fourth-order valence-electron chi connectivity index (χ4n) is 3.66. The minimum absolute atomic E-state index is 0. The van der Waals surface area contributed by atoms with Crippen molar-refractivity contribution in [3.8, 4) is 0 Å². The van der Waals surface area contributed by atoms with Crippen LogP contribution < -0.4 is 11.1 Å². The van der Waals surface area contributed by atoms with Gasteiger partial charge in [-0.2, -0.15) is 0 Å². The molecule has 1 aromatic carbocycles. The number of carbonyl (C=O) groups is 1. The van der Waals surface area contributed by atoms with E-state index in [0.29, 0.717) is 34.1 Å². The molecule has 23 heavy (non-hydrogen) atoms. The van der Waals surface area contributed by atoms with Gasteiger partial charge in [0.25, 0.3) is 0 Å². The van der Waals surface area contributed by atoms with Crippen molar-refractivity contribution in [3.05, 3.63) is 28.2 Å². The molecular formula is C16H22Cl3N3O. The van der Waals surface area contributed by atoms with Gasteiger partial charge in [-0.05, 0) is 36.8 Å². The van der Waals surface area contributed by atoms with Gasteiger partial charge < -0.3 is 16.0 Å². The number of fused-ring (bicyclic) bond motifs is 1. The first-order valence-electron chi connectivity index (χ1n) is 7.76. The average Bonchev–Trinajstić information content (AvgIpc) is 3.03. The van der Waals surface area contributed by atoms with Crippen LogP contribution in [-0.2, 0) is 4.79 Å². The molecule has 4 nitrogen and oxygen atoms in total. The highest BCUT2D eigenvalue weighted by atomic mass is 35.5. The Hall–Kier alpha value is -0.520. The van der Waals surface area contributed by atoms with Crippen molar-refractivity contribution in [1.82, 2.24) is 4.90 Å². The molecule has 1 aromatic rings. The van der Waals surface area contributed by atoms with Crippen LogP contribution in [0.3, 0.4) is 0 Å². The lowest BCUT2D eigenvalue weighted by Gasteiger charge is -2.18. The Morgan fingerprint density at radius 2 is 1.96 bits per heavy atom. The minimum atomic E-state index is -0.0589. The van der Waals surface area contributed by atoms with Gasteiger partial charge in [-0.1, -0.05) is 29.3 Å². The summed E-state index contributed by atoms with van der Waals surface area (Å²) in [6, 6.07) is 5.52. The summed E-state index contributed by atoms with van der Waals surface area (Å²) in [4.78, 5) is 14.5. The second-order valence-corrected chi connectivity index (χ2v) is 7.13. The Bertz CT molecular complexity index is 549. The molecule has 1 saturated heterocycles. The molecule has 0 spiro atoms. The number of para-hydroxylation sites is 1. The topological polar surface area (TPSA) is 58.4 Å². The van der Waals surface area contributed by atoms with Gasteiger partial charge in [0.15, 0.2) is 0 Å². The molecule has 1 aliphatic heterocycles. The van der Waals surface area contributed by atoms with Crippen molar-refractivity contribution in [2.75, 3.05) is 25.0 Å². The lowest BCUT2D eigenvalue weighted by atomic mass is 9.98. The lowest BCUT2D eigenvalue weighted by Crippen LogP contribution is -2.31. The van der Waals surface area contributed by atoms with Crippen molar-refractivity contribution < 1.29 is 4.79 Å². The predicted octanol–water partition coefficient (Wildman–Crippen LogP) is 3.41. The quantitative estimate of drug-likeness (QED) is 0.844. The summed E-state index contributed by atoms with van der Waals surface area (Å²) < 4.78 is 0. The molecule has 0 aromatic heterocycles. The summed E-state index contributed by atoms with van der Waals surface area (Å²) in [5, 5.41) is 3.73. The summed E-state index contributed by atoms with van der Waals surface area (Å²) in [6.07, 6.45) is 2.81. The number of likely N-dealkylation sites (tertiary alicyclic amines) is 1. The van der Waals surface area contributed by atoms with Gasteiger partial charge in [-0.25, -0.2) is 0 Å². The van der Waals surface area contributed by atoms with Crippen molar-refractivity contribution in [2.24, 2.45) is 17.6 Å². The van der Waals surface area contributed by atoms with Crippen LogP contribution in [0.15, 0.2) is 18.2 Å². The maximum Gasteiger partial charge on any atom is 0.225 e. The van der Waals surface area contributed by atoms with Gasteiger partial charge in [0, 0.05) is 32.1 Å². The summed E-state index contributed by atoms with van der Waals surface area (Å²) >= 11 is 12.1. The molecule has 0 bridgehead atoms. The number of carbonyl (C=O) groups excluding carboxylic acids is 1. The van der Waals surface area contributed by atoms with Crippen LogP contribution in [-0.4, -0.2) is 36.5 Å². The van der Waals surface area contributed by atoms with Crippen LogP contribution >= 0.6 is 35.6 Å². The Morgan fingerprint density at radius 3 is 2.61 bits per heavy atom. The van der Waals surface area contributed by atoms with Crippen molar-refractivity contribution in [3.63, 3.8) is 0 Å². The third-order valence-electron chi connectivity index (χ3n) is 4.87. The number of halogens is 3. The number of anilines is 1. The average molecular weight is 379 g/mol. The van der Waals surface area contributed by atoms with Crippen molar-refractivity contribution >= 4 is 47.2 Å². The van der Waals surface area contributed by atoms with E-state index in [0.717, 1.165) is 32.0 Å². The molecule has 3 N–H and O–H groups in total. The highest BCUT2D eigenvalue weighted by Crippen LogP contribution is 2.37. The van der Waals surface area contributed by atoms with E-state index in [2.05, 4.69) is 10.2 Å². The van der Waals surface area contributed by atoms with E-state index >= 15 is 0 Å². The zero-order valence-electron chi connectivity index (χ0n) is 12.8. The standard InChI is InChI=1S/C16H21Cl2N3O.ClH/c17-12-2-1-3-13(18)16(12)20-15(22)6-7-21-8-10-4-5-14(19)11(10)9-21;/h1-3,10-11,14H,4-9,19H2,(H,20,22);1H. The molecule has 3 atom stereocenters. The Morgan fingerprint density at radius 1 is 1.26 bits per heavy atom. The largest absolute Gasteiger partial charge is 0.327 e. The van der Waals surface area contributed by atoms with Crippen LogP contribution in [0.4, 0.5) is 5.69 Å². The number of nitrogens with one attached hydrogen (secondary N) is 1. The van der Waals surface area contributed by atoms with E-state index in [1.165, 1.54) is 6.42 Å². The first-order chi connectivity index (χ1) is 10.5. The van der Waals surface area contributed by atoms with Gasteiger partial charge >= 0.3 is 0 Å². The van der Waals surface area contributed by atoms with Gasteiger partial charge in [0.05, 0.1) is 15.7 Å². The minimum Gasteiger partial charge on any atom is -0.327 e. The van der Waals surface area contributed by atoms with Gasteiger partial charge in [0.1, 0.15) is 0 Å². The fraction of sp³-hybridized carbons (Fsp3) is 0.562. The third kappa shape index (κ3) is 4.31. The molecule has 1 amide bonds. The number of amides is 1. The van der Waals surface area contributed by atoms with E-state index in [1.54, 1.807) is 18.2 Å². The van der Waals surface area contributed by atoms with E-state index in [-0.39, 0.29) is 18.3 Å². The molecule has 1 saturated carbocycles. The molecule has 7 heteroatoms. The first-order valence-corrected chi connectivity index (χ1v) is 8.52. The van der Waals surface area contributed by atoms with Crippen molar-refractivity contribution in [2.45, 2.75) is 25.3 Å². The molecule has 2 aliphatic rings. The normalized spacial score (nSPS) is 26.7. The van der Waals surface area contributed by atoms with Gasteiger partial charge in [0.2, 0.25) is 5.91 Å². The number of hydrogen-bond donors (Lipinski definition) is 2. The molecule has 0 radical (unpaired) electrons. The molecular weight excluding hydrogens is 357 g/mol. The Balaban J connectivity index is 0.00000192. The maximum atomic E-state index is 12.1. The highest BCUT2D eigenvalue weighted by Gasteiger charge is 2.40. The zero-order valence-corrected chi connectivity index (χ0v) is 15.1. The van der Waals surface area contributed by atoms with E-state index in [1.807, 2.05) is 0 Å². The van der Waals surface area contributed by atoms with E-state index in [9.17, 15) is 4.79 Å². The monoisotopic (exact) mass is 377 g/mol. The molecule has 1 aliphatic carbocycles. The second kappa shape index (κ2) is 8.04. The van der Waals surface area contributed by atoms with Crippen LogP contribution in [0.2, 0.25) is 10.0 Å². The van der Waals surface area contributed by atoms with Crippen LogP contribution in [0.1, 0.15) is 19.3 Å². The Kier molecular flexibility index (Phi) is 6.57. The maximum absolute atomic E-state index is 12.1. The summed E-state index contributed by atoms with van der Waals surface area (Å²) in [5.74, 6) is 1.27. The summed E-state index contributed by atoms with van der Waals surface area (Å²) in [7, 11) is 0. The first kappa shape index (κ1) is 18.8. The smallest absolute Gasteiger partial charge is 0.225 e. The second-order valence-electron chi connectivity index (χ2n) is 6.32. The zero-order chi connectivity index (χ0) is 15.7. The van der Waals surface area contributed by atoms with Gasteiger partial charge in [-0.15, -0.1) is 12.4 Å². The summed E-state index contributed by atoms with van der Waals surface area (Å²) in [5.41, 5.74) is 6.63. The lowest BCUT2D eigenvalue weighted by molar-refractivity contribution is -0.116. The molecule has 128 valence electrons. The SMILES string of the molecule is Cl.NC1CCC2CN(CCC(=O)Nc3c(Cl)cccc3Cl)CC12. The molecule has 1 heterocycles. The number of nitrogens with two attached hydrogens (primary N) is 1. The highest BCUT2D eigenvalue weighted by molar-refractivity contribution is 6.39. The number of hydrogen-bond acceptors (Lipinski definition) is 3.